The van der Waals surface area contributed by atoms with Crippen LogP contribution in [0.5, 0.6) is 17.2 Å². The second-order valence-corrected chi connectivity index (χ2v) is 7.65. The Morgan fingerprint density at radius 2 is 1.74 bits per heavy atom. The Labute approximate surface area is 189 Å². The van der Waals surface area contributed by atoms with Crippen LogP contribution in [-0.4, -0.2) is 36.9 Å². The summed E-state index contributed by atoms with van der Waals surface area (Å²) in [5.74, 6) is 1.26. The molecule has 0 saturated carbocycles. The van der Waals surface area contributed by atoms with E-state index in [1.54, 1.807) is 32.4 Å². The van der Waals surface area contributed by atoms with Crippen LogP contribution in [0.15, 0.2) is 42.5 Å². The van der Waals surface area contributed by atoms with Gasteiger partial charge in [-0.3, -0.25) is 4.79 Å². The van der Waals surface area contributed by atoms with E-state index in [0.29, 0.717) is 40.4 Å². The number of nitrogens with zero attached hydrogens (tertiary/aromatic N) is 2. The van der Waals surface area contributed by atoms with E-state index in [-0.39, 0.29) is 10.9 Å². The van der Waals surface area contributed by atoms with Gasteiger partial charge in [0.15, 0.2) is 16.5 Å². The fourth-order valence-electron chi connectivity index (χ4n) is 2.74. The van der Waals surface area contributed by atoms with E-state index >= 15 is 0 Å². The molecule has 1 aromatic heterocycles. The van der Waals surface area contributed by atoms with Crippen molar-refractivity contribution in [1.82, 2.24) is 15.5 Å². The van der Waals surface area contributed by atoms with E-state index in [4.69, 9.17) is 25.8 Å². The first-order chi connectivity index (χ1) is 15.0. The summed E-state index contributed by atoms with van der Waals surface area (Å²) in [6.45, 7) is 2.76. The lowest BCUT2D eigenvalue weighted by Crippen LogP contribution is -2.22. The molecule has 162 valence electrons. The lowest BCUT2D eigenvalue weighted by atomic mass is 10.1. The summed E-state index contributed by atoms with van der Waals surface area (Å²) in [7, 11) is 3.11. The van der Waals surface area contributed by atoms with Gasteiger partial charge in [-0.25, -0.2) is 0 Å². The number of carbonyl (C=O) groups is 1. The maximum Gasteiger partial charge on any atom is 0.282 e. The van der Waals surface area contributed by atoms with Crippen LogP contribution in [0.2, 0.25) is 0 Å². The second kappa shape index (κ2) is 10.8. The van der Waals surface area contributed by atoms with Gasteiger partial charge in [0.1, 0.15) is 0 Å². The second-order valence-electron chi connectivity index (χ2n) is 6.26. The van der Waals surface area contributed by atoms with Crippen molar-refractivity contribution in [2.75, 3.05) is 20.8 Å². The maximum atomic E-state index is 12.4. The minimum Gasteiger partial charge on any atom is -0.493 e. The van der Waals surface area contributed by atoms with Crippen LogP contribution in [0.1, 0.15) is 32.9 Å². The Kier molecular flexibility index (Phi) is 7.86. The van der Waals surface area contributed by atoms with Crippen molar-refractivity contribution in [2.45, 2.75) is 13.5 Å². The third-order valence-corrected chi connectivity index (χ3v) is 5.54. The van der Waals surface area contributed by atoms with Crippen LogP contribution in [0, 0.1) is 0 Å². The molecule has 0 fully saturated rings. The molecule has 0 spiro atoms. The predicted octanol–water partition coefficient (Wildman–Crippen LogP) is 4.62. The summed E-state index contributed by atoms with van der Waals surface area (Å²) >= 11 is 7.56. The van der Waals surface area contributed by atoms with Crippen molar-refractivity contribution in [1.29, 1.82) is 0 Å². The van der Waals surface area contributed by atoms with Crippen molar-refractivity contribution in [2.24, 2.45) is 0 Å². The molecule has 1 heterocycles. The van der Waals surface area contributed by atoms with Crippen molar-refractivity contribution in [3.05, 3.63) is 63.6 Å². The lowest BCUT2D eigenvalue weighted by Gasteiger charge is -2.14. The zero-order chi connectivity index (χ0) is 22.2. The van der Waals surface area contributed by atoms with E-state index in [9.17, 15) is 4.79 Å². The van der Waals surface area contributed by atoms with Gasteiger partial charge in [-0.05, 0) is 36.3 Å². The number of hydrogen-bond acceptors (Lipinski definition) is 7. The molecule has 31 heavy (non-hydrogen) atoms. The van der Waals surface area contributed by atoms with Crippen molar-refractivity contribution in [3.63, 3.8) is 0 Å². The number of methoxy groups -OCH3 is 2. The Hall–Kier alpha value is -3.10. The standard InChI is InChI=1S/C22H22ClN3O4S/c1-4-30-19-17(28-2)11-15(12-18(19)29-3)10-16(23)21-25-26-22(31-21)20(27)24-13-14-8-6-5-7-9-14/h5-12H,4,13H2,1-3H3,(H,24,27)/b16-10+. The van der Waals surface area contributed by atoms with Gasteiger partial charge in [0.25, 0.3) is 5.91 Å². The molecule has 1 amide bonds. The molecule has 0 aliphatic rings. The maximum absolute atomic E-state index is 12.4. The first-order valence-corrected chi connectivity index (χ1v) is 10.7. The van der Waals surface area contributed by atoms with Crippen LogP contribution < -0.4 is 19.5 Å². The average molecular weight is 460 g/mol. The Morgan fingerprint density at radius 1 is 1.10 bits per heavy atom. The zero-order valence-corrected chi connectivity index (χ0v) is 18.9. The predicted molar refractivity (Wildman–Crippen MR) is 122 cm³/mol. The number of amides is 1. The lowest BCUT2D eigenvalue weighted by molar-refractivity contribution is 0.0950. The molecule has 3 aromatic rings. The summed E-state index contributed by atoms with van der Waals surface area (Å²) in [4.78, 5) is 12.4. The molecule has 2 aromatic carbocycles. The number of rotatable bonds is 9. The molecule has 0 radical (unpaired) electrons. The molecule has 3 rings (SSSR count). The summed E-state index contributed by atoms with van der Waals surface area (Å²) in [6.07, 6.45) is 1.70. The minimum absolute atomic E-state index is 0.235. The SMILES string of the molecule is CCOc1c(OC)cc(/C=C(/Cl)c2nnc(C(=O)NCc3ccccc3)s2)cc1OC. The Balaban J connectivity index is 1.76. The number of halogens is 1. The molecule has 0 aliphatic heterocycles. The molecular weight excluding hydrogens is 438 g/mol. The number of hydrogen-bond donors (Lipinski definition) is 1. The highest BCUT2D eigenvalue weighted by molar-refractivity contribution is 7.15. The van der Waals surface area contributed by atoms with Crippen molar-refractivity contribution >= 4 is 40.0 Å². The van der Waals surface area contributed by atoms with Gasteiger partial charge in [0.05, 0.1) is 25.9 Å². The van der Waals surface area contributed by atoms with E-state index in [0.717, 1.165) is 22.5 Å². The van der Waals surface area contributed by atoms with E-state index in [1.807, 2.05) is 37.3 Å². The van der Waals surface area contributed by atoms with Crippen LogP contribution in [0.25, 0.3) is 11.1 Å². The molecule has 0 bridgehead atoms. The van der Waals surface area contributed by atoms with E-state index in [1.165, 1.54) is 0 Å². The highest BCUT2D eigenvalue weighted by Crippen LogP contribution is 2.39. The molecule has 1 N–H and O–H groups in total. The first kappa shape index (κ1) is 22.6. The van der Waals surface area contributed by atoms with Gasteiger partial charge in [-0.2, -0.15) is 0 Å². The van der Waals surface area contributed by atoms with Crippen LogP contribution in [-0.2, 0) is 6.54 Å². The van der Waals surface area contributed by atoms with Gasteiger partial charge in [-0.15, -0.1) is 10.2 Å². The number of nitrogens with one attached hydrogen (secondary N) is 1. The third kappa shape index (κ3) is 5.74. The first-order valence-electron chi connectivity index (χ1n) is 9.47. The molecular formula is C22H22ClN3O4S. The monoisotopic (exact) mass is 459 g/mol. The Bertz CT molecular complexity index is 1040. The quantitative estimate of drug-likeness (QED) is 0.502. The van der Waals surface area contributed by atoms with Crippen LogP contribution >= 0.6 is 22.9 Å². The van der Waals surface area contributed by atoms with Crippen molar-refractivity contribution < 1.29 is 19.0 Å². The van der Waals surface area contributed by atoms with Gasteiger partial charge in [0.2, 0.25) is 10.8 Å². The zero-order valence-electron chi connectivity index (χ0n) is 17.3. The van der Waals surface area contributed by atoms with Crippen LogP contribution in [0.3, 0.4) is 0 Å². The fourth-order valence-corrected chi connectivity index (χ4v) is 3.69. The number of benzene rings is 2. The number of ether oxygens (including phenoxy) is 3. The summed E-state index contributed by atoms with van der Waals surface area (Å²) < 4.78 is 16.4. The van der Waals surface area contributed by atoms with Gasteiger partial charge in [0, 0.05) is 6.54 Å². The van der Waals surface area contributed by atoms with Gasteiger partial charge >= 0.3 is 0 Å². The van der Waals surface area contributed by atoms with Crippen molar-refractivity contribution in [3.8, 4) is 17.2 Å². The summed E-state index contributed by atoms with van der Waals surface area (Å²) in [6, 6.07) is 13.2. The number of carbonyl (C=O) groups excluding carboxylic acids is 1. The normalized spacial score (nSPS) is 11.2. The fraction of sp³-hybridized carbons (Fsp3) is 0.227. The topological polar surface area (TPSA) is 82.6 Å². The molecule has 0 aliphatic carbocycles. The minimum atomic E-state index is -0.304. The number of aromatic nitrogens is 2. The highest BCUT2D eigenvalue weighted by Gasteiger charge is 2.16. The van der Waals surface area contributed by atoms with Gasteiger partial charge < -0.3 is 19.5 Å². The smallest absolute Gasteiger partial charge is 0.282 e. The average Bonchev–Trinajstić information content (AvgIpc) is 3.29. The largest absolute Gasteiger partial charge is 0.493 e. The van der Waals surface area contributed by atoms with Crippen LogP contribution in [0.4, 0.5) is 0 Å². The van der Waals surface area contributed by atoms with E-state index in [2.05, 4.69) is 15.5 Å². The summed E-state index contributed by atoms with van der Waals surface area (Å²) in [5.41, 5.74) is 1.73. The van der Waals surface area contributed by atoms with Gasteiger partial charge in [-0.1, -0.05) is 53.3 Å². The Morgan fingerprint density at radius 3 is 2.35 bits per heavy atom. The third-order valence-electron chi connectivity index (χ3n) is 4.18. The molecule has 0 unspecified atom stereocenters. The summed E-state index contributed by atoms with van der Waals surface area (Å²) in [5, 5.41) is 11.8. The highest BCUT2D eigenvalue weighted by atomic mass is 35.5. The molecule has 7 nitrogen and oxygen atoms in total. The van der Waals surface area contributed by atoms with E-state index < -0.39 is 0 Å². The molecule has 9 heteroatoms. The molecule has 0 saturated heterocycles. The molecule has 0 atom stereocenters.